The third-order valence-corrected chi connectivity index (χ3v) is 16.8. The van der Waals surface area contributed by atoms with Crippen molar-refractivity contribution < 1.29 is 4.42 Å². The van der Waals surface area contributed by atoms with Gasteiger partial charge >= 0.3 is 0 Å². The molecule has 10 aromatic carbocycles. The van der Waals surface area contributed by atoms with Gasteiger partial charge in [0.1, 0.15) is 16.9 Å². The minimum Gasteiger partial charge on any atom is -0.455 e. The summed E-state index contributed by atoms with van der Waals surface area (Å²) in [6.07, 6.45) is 0. The van der Waals surface area contributed by atoms with E-state index < -0.39 is 0 Å². The van der Waals surface area contributed by atoms with Crippen molar-refractivity contribution in [3.8, 4) is 61.3 Å². The third-order valence-electron chi connectivity index (χ3n) is 16.8. The number of para-hydroxylation sites is 5. The molecular weight excluding hydrogens is 849 g/mol. The molecule has 12 aromatic rings. The van der Waals surface area contributed by atoms with E-state index in [0.717, 1.165) is 16.6 Å². The maximum absolute atomic E-state index is 7.12. The Morgan fingerprint density at radius 2 is 1.03 bits per heavy atom. The lowest BCUT2D eigenvalue weighted by Crippen LogP contribution is -2.31. The normalized spacial score (nSPS) is 16.6. The van der Waals surface area contributed by atoms with E-state index in [0.29, 0.717) is 4.48 Å². The molecule has 0 saturated heterocycles. The van der Waals surface area contributed by atoms with Gasteiger partial charge in [0.2, 0.25) is 0 Å². The van der Waals surface area contributed by atoms with Crippen molar-refractivity contribution in [2.45, 2.75) is 38.5 Å². The predicted octanol–water partition coefficient (Wildman–Crippen LogP) is 18.2. The molecule has 0 spiro atoms. The zero-order valence-corrected chi connectivity index (χ0v) is 39.9. The fourth-order valence-electron chi connectivity index (χ4n) is 13.3. The summed E-state index contributed by atoms with van der Waals surface area (Å²) in [5, 5.41) is 4.86. The molecule has 3 heterocycles. The highest BCUT2D eigenvalue weighted by molar-refractivity contribution is 6.19. The Labute approximate surface area is 407 Å². The van der Waals surface area contributed by atoms with Crippen LogP contribution in [0.25, 0.3) is 105 Å². The first-order valence-electron chi connectivity index (χ1n) is 24.7. The first-order chi connectivity index (χ1) is 34.1. The summed E-state index contributed by atoms with van der Waals surface area (Å²) in [6.45, 7) is 9.68. The number of nitrogens with zero attached hydrogens (tertiary/aromatic N) is 2. The van der Waals surface area contributed by atoms with Crippen molar-refractivity contribution in [3.05, 3.63) is 229 Å². The van der Waals surface area contributed by atoms with E-state index >= 15 is 0 Å². The van der Waals surface area contributed by atoms with Crippen LogP contribution in [0.4, 0.5) is 17.1 Å². The Balaban J connectivity index is 0.887. The second-order valence-corrected chi connectivity index (χ2v) is 21.1. The molecule has 3 nitrogen and oxygen atoms in total. The van der Waals surface area contributed by atoms with Crippen LogP contribution in [0.1, 0.15) is 49.9 Å². The number of benzene rings is 10. The molecule has 0 N–H and O–H groups in total. The van der Waals surface area contributed by atoms with Crippen LogP contribution in [0.15, 0.2) is 211 Å². The monoisotopic (exact) mass is 897 g/mol. The van der Waals surface area contributed by atoms with Crippen LogP contribution in [0.5, 0.6) is 0 Å². The molecule has 332 valence electrons. The van der Waals surface area contributed by atoms with E-state index in [1.54, 1.807) is 0 Å². The minimum absolute atomic E-state index is 0.207. The summed E-state index contributed by atoms with van der Waals surface area (Å²) >= 11 is 0. The fraction of sp³-hybridized carbons (Fsp3) is 0.104. The van der Waals surface area contributed by atoms with Crippen molar-refractivity contribution in [1.29, 1.82) is 0 Å². The van der Waals surface area contributed by atoms with Gasteiger partial charge < -0.3 is 8.98 Å². The number of rotatable bonds is 4. The minimum atomic E-state index is -0.280. The molecule has 70 heavy (non-hydrogen) atoms. The number of furan rings is 1. The number of hydrogen-bond acceptors (Lipinski definition) is 1. The Hall–Kier alpha value is -8.24. The quantitative estimate of drug-likeness (QED) is 0.161. The van der Waals surface area contributed by atoms with E-state index in [1.165, 1.54) is 128 Å². The van der Waals surface area contributed by atoms with E-state index in [-0.39, 0.29) is 10.8 Å². The Kier molecular flexibility index (Phi) is 7.79. The summed E-state index contributed by atoms with van der Waals surface area (Å²) in [4.78, 5) is 0. The van der Waals surface area contributed by atoms with Crippen LogP contribution < -0.4 is 4.48 Å². The van der Waals surface area contributed by atoms with Crippen LogP contribution in [-0.4, -0.2) is 11.6 Å². The summed E-state index contributed by atoms with van der Waals surface area (Å²) in [5.74, 6) is 0. The molecule has 2 aromatic heterocycles. The highest BCUT2D eigenvalue weighted by atomic mass is 16.3. The van der Waals surface area contributed by atoms with E-state index in [4.69, 9.17) is 4.42 Å². The van der Waals surface area contributed by atoms with Gasteiger partial charge in [-0.15, -0.1) is 0 Å². The molecular formula is C67H49N2O+. The summed E-state index contributed by atoms with van der Waals surface area (Å²) < 4.78 is 10.1. The number of aromatic nitrogens is 1. The number of quaternary nitrogens is 1. The molecule has 0 bridgehead atoms. The van der Waals surface area contributed by atoms with Gasteiger partial charge in [0.05, 0.1) is 23.6 Å². The summed E-state index contributed by atoms with van der Waals surface area (Å²) in [6, 6.07) is 76.9. The molecule has 0 fully saturated rings. The number of hydrogen-bond donors (Lipinski definition) is 0. The highest BCUT2D eigenvalue weighted by Crippen LogP contribution is 2.61. The van der Waals surface area contributed by atoms with Crippen molar-refractivity contribution >= 4 is 60.8 Å². The van der Waals surface area contributed by atoms with Gasteiger partial charge in [-0.2, -0.15) is 0 Å². The standard InChI is InChI=1S/C67H49N2O/c1-66(2)54-36-41(40-29-32-59-51(34-40)46-22-12-15-25-58(46)68(59)43-18-8-6-9-19-43)28-31-45(54)50-37-53-56(39-55(50)66)67(3,4)57-38-49(63-48-24-14-17-27-62(48)70-65(63)64(53)57)42-30-33-61-52(35-42)47-23-13-16-26-60(47)69(61,5)44-20-10-7-11-21-44/h6-39H,1-5H3/q+1. The van der Waals surface area contributed by atoms with Crippen molar-refractivity contribution in [1.82, 2.24) is 9.05 Å². The first-order valence-corrected chi connectivity index (χ1v) is 24.7. The first kappa shape index (κ1) is 39.7. The Morgan fingerprint density at radius 1 is 0.400 bits per heavy atom. The van der Waals surface area contributed by atoms with Gasteiger partial charge in [0, 0.05) is 61.3 Å². The molecule has 0 saturated carbocycles. The molecule has 3 aliphatic rings. The van der Waals surface area contributed by atoms with Crippen LogP contribution >= 0.6 is 0 Å². The van der Waals surface area contributed by atoms with Gasteiger partial charge in [0.15, 0.2) is 11.4 Å². The highest BCUT2D eigenvalue weighted by Gasteiger charge is 2.45. The predicted molar refractivity (Wildman–Crippen MR) is 293 cm³/mol. The molecule has 3 heteroatoms. The SMILES string of the molecule is CC1(C)c2cc(-c3ccc4c(c3)c3ccccc3n4-c3ccccc3)ccc2-c2cc3c(cc21)C(C)(C)c1cc(-c2ccc4c(c2)-c2ccccc2[N+]4(C)c2ccccc2)c2c(oc4ccccc42)c1-3. The Morgan fingerprint density at radius 3 is 1.87 bits per heavy atom. The largest absolute Gasteiger partial charge is 0.455 e. The molecule has 1 unspecified atom stereocenters. The van der Waals surface area contributed by atoms with Gasteiger partial charge in [-0.3, -0.25) is 0 Å². The topological polar surface area (TPSA) is 18.1 Å². The zero-order valence-electron chi connectivity index (χ0n) is 39.9. The lowest BCUT2D eigenvalue weighted by atomic mass is 9.77. The molecule has 1 atom stereocenters. The Bertz CT molecular complexity index is 4240. The molecule has 15 rings (SSSR count). The van der Waals surface area contributed by atoms with E-state index in [1.807, 2.05) is 0 Å². The third kappa shape index (κ3) is 5.07. The van der Waals surface area contributed by atoms with Gasteiger partial charge in [-0.1, -0.05) is 137 Å². The summed E-state index contributed by atoms with van der Waals surface area (Å²) in [5.41, 5.74) is 26.9. The van der Waals surface area contributed by atoms with Crippen LogP contribution in [-0.2, 0) is 10.8 Å². The van der Waals surface area contributed by atoms with Gasteiger partial charge in [-0.05, 0) is 146 Å². The smallest absolute Gasteiger partial charge is 0.151 e. The summed E-state index contributed by atoms with van der Waals surface area (Å²) in [7, 11) is 2.33. The van der Waals surface area contributed by atoms with Crippen molar-refractivity contribution in [3.63, 3.8) is 0 Å². The molecule has 1 aliphatic heterocycles. The van der Waals surface area contributed by atoms with Crippen LogP contribution in [0.3, 0.4) is 0 Å². The van der Waals surface area contributed by atoms with Crippen LogP contribution in [0.2, 0.25) is 0 Å². The molecule has 2 aliphatic carbocycles. The maximum atomic E-state index is 7.12. The molecule has 0 amide bonds. The lowest BCUT2D eigenvalue weighted by molar-refractivity contribution is 0.638. The second-order valence-electron chi connectivity index (χ2n) is 21.1. The maximum Gasteiger partial charge on any atom is 0.151 e. The van der Waals surface area contributed by atoms with Crippen molar-refractivity contribution in [2.75, 3.05) is 7.05 Å². The van der Waals surface area contributed by atoms with Gasteiger partial charge in [0.25, 0.3) is 0 Å². The second kappa shape index (κ2) is 13.7. The lowest BCUT2D eigenvalue weighted by Gasteiger charge is -2.30. The fourth-order valence-corrected chi connectivity index (χ4v) is 13.3. The average molecular weight is 898 g/mol. The van der Waals surface area contributed by atoms with Crippen molar-refractivity contribution in [2.24, 2.45) is 0 Å². The average Bonchev–Trinajstić information content (AvgIpc) is 4.14. The van der Waals surface area contributed by atoms with Crippen LogP contribution in [0, 0.1) is 0 Å². The molecule has 0 radical (unpaired) electrons. The van der Waals surface area contributed by atoms with Gasteiger partial charge in [-0.25, -0.2) is 4.48 Å². The van der Waals surface area contributed by atoms with E-state index in [2.05, 4.69) is 246 Å². The van der Waals surface area contributed by atoms with E-state index in [9.17, 15) is 0 Å². The zero-order chi connectivity index (χ0) is 46.8. The number of fused-ring (bicyclic) bond motifs is 16.